The zero-order chi connectivity index (χ0) is 17.2. The third-order valence-corrected chi connectivity index (χ3v) is 5.36. The van der Waals surface area contributed by atoms with Gasteiger partial charge in [-0.3, -0.25) is 4.79 Å². The molecule has 0 heterocycles. The maximum atomic E-state index is 13.4. The molecule has 0 bridgehead atoms. The van der Waals surface area contributed by atoms with Gasteiger partial charge in [-0.15, -0.1) is 11.8 Å². The molecule has 0 aliphatic heterocycles. The number of carbonyl (C=O) groups excluding carboxylic acids is 2. The summed E-state index contributed by atoms with van der Waals surface area (Å²) in [5.74, 6) is -0.552. The molecule has 1 fully saturated rings. The second kappa shape index (κ2) is 7.07. The molecule has 2 rings (SSSR count). The Bertz CT molecular complexity index is 607. The predicted molar refractivity (Wildman–Crippen MR) is 84.0 cm³/mol. The first kappa shape index (κ1) is 18.0. The number of alkyl halides is 3. The second-order valence-corrected chi connectivity index (χ2v) is 7.25. The van der Waals surface area contributed by atoms with E-state index in [-0.39, 0.29) is 28.7 Å². The van der Waals surface area contributed by atoms with E-state index in [9.17, 15) is 22.8 Å². The van der Waals surface area contributed by atoms with E-state index < -0.39 is 17.5 Å². The Morgan fingerprint density at radius 2 is 2.04 bits per heavy atom. The molecule has 0 spiro atoms. The van der Waals surface area contributed by atoms with Crippen molar-refractivity contribution in [1.29, 1.82) is 0 Å². The Labute approximate surface area is 137 Å². The minimum absolute atomic E-state index is 0.0961. The molecule has 1 atom stereocenters. The number of rotatable bonds is 7. The standard InChI is InChI=1S/C17H19F3O2S/c1-3-10(2)23-16-12(14(22)8-9-21)6-7-13(17(18,19)20)15(16)11-4-5-11/h6-7,9-11H,3-5,8H2,1-2H3. The van der Waals surface area contributed by atoms with Crippen molar-refractivity contribution in [2.75, 3.05) is 0 Å². The fraction of sp³-hybridized carbons (Fsp3) is 0.529. The molecule has 1 saturated carbocycles. The molecule has 2 nitrogen and oxygen atoms in total. The first-order valence-electron chi connectivity index (χ1n) is 7.67. The third-order valence-electron chi connectivity index (χ3n) is 3.95. The number of carbonyl (C=O) groups is 2. The van der Waals surface area contributed by atoms with Crippen LogP contribution >= 0.6 is 11.8 Å². The predicted octanol–water partition coefficient (Wildman–Crippen LogP) is 5.25. The van der Waals surface area contributed by atoms with Gasteiger partial charge in [0.2, 0.25) is 0 Å². The smallest absolute Gasteiger partial charge is 0.303 e. The van der Waals surface area contributed by atoms with Gasteiger partial charge in [-0.2, -0.15) is 13.2 Å². The molecule has 6 heteroatoms. The van der Waals surface area contributed by atoms with Gasteiger partial charge in [0.1, 0.15) is 6.29 Å². The highest BCUT2D eigenvalue weighted by Crippen LogP contribution is 2.51. The summed E-state index contributed by atoms with van der Waals surface area (Å²) < 4.78 is 40.1. The summed E-state index contributed by atoms with van der Waals surface area (Å²) in [7, 11) is 0. The van der Waals surface area contributed by atoms with Crippen LogP contribution in [0.5, 0.6) is 0 Å². The lowest BCUT2D eigenvalue weighted by Crippen LogP contribution is -2.14. The summed E-state index contributed by atoms with van der Waals surface area (Å²) in [4.78, 5) is 23.2. The van der Waals surface area contributed by atoms with Crippen LogP contribution in [0.1, 0.15) is 66.9 Å². The summed E-state index contributed by atoms with van der Waals surface area (Å²) >= 11 is 1.31. The summed E-state index contributed by atoms with van der Waals surface area (Å²) in [6, 6.07) is 2.22. The molecular formula is C17H19F3O2S. The van der Waals surface area contributed by atoms with Crippen LogP contribution in [-0.2, 0) is 11.0 Å². The minimum atomic E-state index is -4.44. The topological polar surface area (TPSA) is 34.1 Å². The minimum Gasteiger partial charge on any atom is -0.303 e. The number of Topliss-reactive ketones (excluding diaryl/α,β-unsaturated/α-hetero) is 1. The van der Waals surface area contributed by atoms with Gasteiger partial charge < -0.3 is 4.79 Å². The molecule has 23 heavy (non-hydrogen) atoms. The average molecular weight is 344 g/mol. The van der Waals surface area contributed by atoms with Gasteiger partial charge >= 0.3 is 6.18 Å². The zero-order valence-electron chi connectivity index (χ0n) is 13.1. The lowest BCUT2D eigenvalue weighted by molar-refractivity contribution is -0.138. The maximum Gasteiger partial charge on any atom is 0.416 e. The van der Waals surface area contributed by atoms with E-state index in [4.69, 9.17) is 0 Å². The van der Waals surface area contributed by atoms with Gasteiger partial charge in [-0.25, -0.2) is 0 Å². The number of halogens is 3. The number of hydrogen-bond donors (Lipinski definition) is 0. The van der Waals surface area contributed by atoms with Crippen molar-refractivity contribution in [2.45, 2.75) is 61.8 Å². The number of hydrogen-bond acceptors (Lipinski definition) is 3. The maximum absolute atomic E-state index is 13.4. The Morgan fingerprint density at radius 3 is 2.52 bits per heavy atom. The first-order valence-corrected chi connectivity index (χ1v) is 8.55. The fourth-order valence-corrected chi connectivity index (χ4v) is 3.72. The van der Waals surface area contributed by atoms with Gasteiger partial charge in [-0.05, 0) is 42.9 Å². The zero-order valence-corrected chi connectivity index (χ0v) is 13.9. The van der Waals surface area contributed by atoms with Crippen molar-refractivity contribution in [1.82, 2.24) is 0 Å². The number of aldehydes is 1. The molecule has 0 radical (unpaired) electrons. The number of benzene rings is 1. The molecule has 0 N–H and O–H groups in total. The Morgan fingerprint density at radius 1 is 1.39 bits per heavy atom. The number of thioether (sulfide) groups is 1. The van der Waals surface area contributed by atoms with Gasteiger partial charge in [0.05, 0.1) is 12.0 Å². The van der Waals surface area contributed by atoms with Crippen molar-refractivity contribution in [3.8, 4) is 0 Å². The van der Waals surface area contributed by atoms with E-state index in [2.05, 4.69) is 0 Å². The molecule has 0 amide bonds. The summed E-state index contributed by atoms with van der Waals surface area (Å²) in [5, 5.41) is 0.0961. The van der Waals surface area contributed by atoms with Gasteiger partial charge in [0.15, 0.2) is 5.78 Å². The summed E-state index contributed by atoms with van der Waals surface area (Å²) in [5.41, 5.74) is -0.148. The van der Waals surface area contributed by atoms with Crippen LogP contribution in [0.25, 0.3) is 0 Å². The van der Waals surface area contributed by atoms with Crippen LogP contribution < -0.4 is 0 Å². The van der Waals surface area contributed by atoms with E-state index in [1.54, 1.807) is 0 Å². The highest BCUT2D eigenvalue weighted by molar-refractivity contribution is 8.00. The first-order chi connectivity index (χ1) is 10.8. The van der Waals surface area contributed by atoms with Crippen LogP contribution in [0.3, 0.4) is 0 Å². The average Bonchev–Trinajstić information content (AvgIpc) is 3.30. The molecule has 126 valence electrons. The van der Waals surface area contributed by atoms with Crippen molar-refractivity contribution < 1.29 is 22.8 Å². The number of ketones is 1. The van der Waals surface area contributed by atoms with Crippen LogP contribution in [0.15, 0.2) is 17.0 Å². The van der Waals surface area contributed by atoms with E-state index in [0.29, 0.717) is 24.0 Å². The Kier molecular flexibility index (Phi) is 5.55. The van der Waals surface area contributed by atoms with E-state index in [1.807, 2.05) is 13.8 Å². The van der Waals surface area contributed by atoms with Crippen molar-refractivity contribution in [2.24, 2.45) is 0 Å². The second-order valence-electron chi connectivity index (χ2n) is 5.81. The van der Waals surface area contributed by atoms with Gasteiger partial charge in [-0.1, -0.05) is 13.8 Å². The van der Waals surface area contributed by atoms with Crippen LogP contribution in [0, 0.1) is 0 Å². The molecule has 1 aromatic rings. The van der Waals surface area contributed by atoms with E-state index in [0.717, 1.165) is 12.5 Å². The normalized spacial score (nSPS) is 16.2. The SMILES string of the molecule is CCC(C)Sc1c(C(=O)CC=O)ccc(C(F)(F)F)c1C1CC1. The van der Waals surface area contributed by atoms with Gasteiger partial charge in [0.25, 0.3) is 0 Å². The Hall–Kier alpha value is -1.30. The monoisotopic (exact) mass is 344 g/mol. The van der Waals surface area contributed by atoms with E-state index >= 15 is 0 Å². The summed E-state index contributed by atoms with van der Waals surface area (Å²) in [6.07, 6.45) is -2.04. The lowest BCUT2D eigenvalue weighted by atomic mass is 9.97. The lowest BCUT2D eigenvalue weighted by Gasteiger charge is -2.21. The van der Waals surface area contributed by atoms with Gasteiger partial charge in [0, 0.05) is 15.7 Å². The molecule has 1 aromatic carbocycles. The van der Waals surface area contributed by atoms with Crippen LogP contribution in [0.2, 0.25) is 0 Å². The molecular weight excluding hydrogens is 325 g/mol. The molecule has 1 aliphatic rings. The van der Waals surface area contributed by atoms with E-state index in [1.165, 1.54) is 17.8 Å². The molecule has 0 saturated heterocycles. The fourth-order valence-electron chi connectivity index (χ4n) is 2.44. The van der Waals surface area contributed by atoms with Crippen LogP contribution in [0.4, 0.5) is 13.2 Å². The van der Waals surface area contributed by atoms with Crippen molar-refractivity contribution in [3.05, 3.63) is 28.8 Å². The van der Waals surface area contributed by atoms with Crippen molar-refractivity contribution >= 4 is 23.8 Å². The Balaban J connectivity index is 2.61. The molecule has 1 aliphatic carbocycles. The third kappa shape index (κ3) is 4.16. The van der Waals surface area contributed by atoms with Crippen LogP contribution in [-0.4, -0.2) is 17.3 Å². The molecule has 0 aromatic heterocycles. The largest absolute Gasteiger partial charge is 0.416 e. The highest BCUT2D eigenvalue weighted by Gasteiger charge is 2.41. The molecule has 1 unspecified atom stereocenters. The quantitative estimate of drug-likeness (QED) is 0.293. The summed E-state index contributed by atoms with van der Waals surface area (Å²) in [6.45, 7) is 3.88. The highest BCUT2D eigenvalue weighted by atomic mass is 32.2. The van der Waals surface area contributed by atoms with Crippen molar-refractivity contribution in [3.63, 3.8) is 0 Å².